The number of hydrogen-bond donors (Lipinski definition) is 0. The van der Waals surface area contributed by atoms with Gasteiger partial charge >= 0.3 is 0 Å². The van der Waals surface area contributed by atoms with E-state index in [1.54, 1.807) is 30.4 Å². The van der Waals surface area contributed by atoms with Crippen molar-refractivity contribution < 1.29 is 4.57 Å². The van der Waals surface area contributed by atoms with Gasteiger partial charge in [-0.1, -0.05) is 53.2 Å². The van der Waals surface area contributed by atoms with Gasteiger partial charge in [-0.15, -0.1) is 5.10 Å². The maximum Gasteiger partial charge on any atom is 0.221 e. The van der Waals surface area contributed by atoms with E-state index in [1.165, 1.54) is 0 Å². The lowest BCUT2D eigenvalue weighted by Gasteiger charge is -2.11. The van der Waals surface area contributed by atoms with Crippen molar-refractivity contribution in [3.63, 3.8) is 0 Å². The normalized spacial score (nSPS) is 13.0. The van der Waals surface area contributed by atoms with Crippen LogP contribution in [0.25, 0.3) is 33.5 Å². The van der Waals surface area contributed by atoms with Crippen LogP contribution < -0.4 is 5.30 Å². The molecule has 1 atom stereocenters. The number of hydrogen-bond acceptors (Lipinski definition) is 6. The van der Waals surface area contributed by atoms with Gasteiger partial charge in [0.1, 0.15) is 7.14 Å². The summed E-state index contributed by atoms with van der Waals surface area (Å²) in [6.45, 7) is 3.50. The van der Waals surface area contributed by atoms with Crippen LogP contribution in [0.3, 0.4) is 0 Å². The van der Waals surface area contributed by atoms with Crippen LogP contribution >= 0.6 is 18.7 Å². The molecule has 3 aromatic heterocycles. The number of nitrogens with zero attached hydrogens (tertiary/aromatic N) is 6. The van der Waals surface area contributed by atoms with Crippen molar-refractivity contribution in [2.24, 2.45) is 0 Å². The third kappa shape index (κ3) is 3.71. The summed E-state index contributed by atoms with van der Waals surface area (Å²) in [5.41, 5.74) is 3.58. The van der Waals surface area contributed by atoms with Crippen LogP contribution in [0.5, 0.6) is 0 Å². The van der Waals surface area contributed by atoms with Crippen molar-refractivity contribution in [3.8, 4) is 11.3 Å². The molecule has 0 aliphatic carbocycles. The van der Waals surface area contributed by atoms with Crippen LogP contribution in [0.15, 0.2) is 67.0 Å². The van der Waals surface area contributed by atoms with Gasteiger partial charge in [-0.25, -0.2) is 14.6 Å². The summed E-state index contributed by atoms with van der Waals surface area (Å²) in [5, 5.41) is 10.1. The number of alkyl halides is 1. The highest BCUT2D eigenvalue weighted by molar-refractivity contribution is 7.70. The Kier molecular flexibility index (Phi) is 4.80. The fourth-order valence-corrected chi connectivity index (χ4v) is 4.53. The van der Waals surface area contributed by atoms with Crippen LogP contribution in [0.4, 0.5) is 0 Å². The number of pyridine rings is 1. The minimum Gasteiger partial charge on any atom is -0.319 e. The average molecular weight is 449 g/mol. The van der Waals surface area contributed by atoms with Gasteiger partial charge in [-0.3, -0.25) is 4.98 Å². The highest BCUT2D eigenvalue weighted by Gasteiger charge is 2.19. The molecule has 2 aromatic carbocycles. The molecule has 0 aliphatic rings. The van der Waals surface area contributed by atoms with Gasteiger partial charge in [0.25, 0.3) is 0 Å². The maximum absolute atomic E-state index is 12.3. The molecule has 3 heterocycles. The molecule has 31 heavy (non-hydrogen) atoms. The summed E-state index contributed by atoms with van der Waals surface area (Å²) in [6, 6.07) is 17.2. The standard InChI is InChI=1S/C22H18ClN6OP/c1-31(2,30)17-8-5-14(6-9-17)19-13-25-21-22(26-19)29(28-27-21)20(23)16-7-10-18-15(12-16)4-3-11-24-18/h3-13,20H,1-2H3. The summed E-state index contributed by atoms with van der Waals surface area (Å²) in [5.74, 6) is 0. The Hall–Kier alpha value is -3.15. The lowest BCUT2D eigenvalue weighted by Crippen LogP contribution is -2.08. The summed E-state index contributed by atoms with van der Waals surface area (Å²) in [6.07, 6.45) is 3.41. The van der Waals surface area contributed by atoms with Crippen LogP contribution in [-0.2, 0) is 4.57 Å². The molecule has 154 valence electrons. The fraction of sp³-hybridized carbons (Fsp3) is 0.136. The number of rotatable bonds is 4. The monoisotopic (exact) mass is 448 g/mol. The first-order valence-electron chi connectivity index (χ1n) is 9.63. The molecule has 0 amide bonds. The molecule has 0 fully saturated rings. The second kappa shape index (κ2) is 7.52. The van der Waals surface area contributed by atoms with Crippen molar-refractivity contribution >= 4 is 46.2 Å². The van der Waals surface area contributed by atoms with E-state index in [4.69, 9.17) is 16.6 Å². The number of aromatic nitrogens is 6. The second-order valence-electron chi connectivity index (χ2n) is 7.63. The molecule has 0 spiro atoms. The van der Waals surface area contributed by atoms with Crippen molar-refractivity contribution in [1.82, 2.24) is 29.9 Å². The highest BCUT2D eigenvalue weighted by atomic mass is 35.5. The second-order valence-corrected chi connectivity index (χ2v) is 11.3. The van der Waals surface area contributed by atoms with Crippen LogP contribution in [0.1, 0.15) is 11.1 Å². The SMILES string of the molecule is CP(C)(=O)c1ccc(-c2cnc3nnn(C(Cl)c4ccc5ncccc5c4)c3n2)cc1. The Balaban J connectivity index is 1.54. The maximum atomic E-state index is 12.3. The van der Waals surface area contributed by atoms with E-state index in [1.807, 2.05) is 54.6 Å². The Morgan fingerprint density at radius 1 is 1.03 bits per heavy atom. The van der Waals surface area contributed by atoms with Gasteiger partial charge in [0.2, 0.25) is 5.65 Å². The first-order valence-corrected chi connectivity index (χ1v) is 12.7. The van der Waals surface area contributed by atoms with E-state index in [0.29, 0.717) is 17.0 Å². The molecule has 7 nitrogen and oxygen atoms in total. The summed E-state index contributed by atoms with van der Waals surface area (Å²) < 4.78 is 13.8. The number of benzene rings is 2. The molecule has 0 bridgehead atoms. The molecule has 5 aromatic rings. The zero-order valence-electron chi connectivity index (χ0n) is 16.8. The molecule has 0 saturated carbocycles. The molecule has 9 heteroatoms. The van der Waals surface area contributed by atoms with Gasteiger partial charge in [0.15, 0.2) is 11.1 Å². The minimum absolute atomic E-state index is 0.417. The fourth-order valence-electron chi connectivity index (χ4n) is 3.40. The van der Waals surface area contributed by atoms with Crippen LogP contribution in [0.2, 0.25) is 0 Å². The Bertz CT molecular complexity index is 1460. The zero-order chi connectivity index (χ0) is 21.6. The summed E-state index contributed by atoms with van der Waals surface area (Å²) >= 11 is 6.76. The third-order valence-corrected chi connectivity index (χ3v) is 7.07. The van der Waals surface area contributed by atoms with Gasteiger partial charge < -0.3 is 4.57 Å². The summed E-state index contributed by atoms with van der Waals surface area (Å²) in [7, 11) is -2.31. The smallest absolute Gasteiger partial charge is 0.221 e. The molecular formula is C22H18ClN6OP. The van der Waals surface area contributed by atoms with Gasteiger partial charge in [-0.05, 0) is 37.1 Å². The van der Waals surface area contributed by atoms with E-state index >= 15 is 0 Å². The zero-order valence-corrected chi connectivity index (χ0v) is 18.5. The molecule has 5 rings (SSSR count). The van der Waals surface area contributed by atoms with E-state index in [9.17, 15) is 4.57 Å². The minimum atomic E-state index is -2.31. The van der Waals surface area contributed by atoms with Crippen LogP contribution in [-0.4, -0.2) is 43.3 Å². The molecule has 0 N–H and O–H groups in total. The largest absolute Gasteiger partial charge is 0.319 e. The molecular weight excluding hydrogens is 431 g/mol. The highest BCUT2D eigenvalue weighted by Crippen LogP contribution is 2.35. The third-order valence-electron chi connectivity index (χ3n) is 5.09. The number of halogens is 1. The van der Waals surface area contributed by atoms with E-state index in [0.717, 1.165) is 27.3 Å². The lowest BCUT2D eigenvalue weighted by molar-refractivity contribution is 0.588. The van der Waals surface area contributed by atoms with Gasteiger partial charge in [0, 0.05) is 22.5 Å². The molecule has 0 aliphatic heterocycles. The van der Waals surface area contributed by atoms with Crippen molar-refractivity contribution in [3.05, 3.63) is 72.6 Å². The molecule has 0 radical (unpaired) electrons. The van der Waals surface area contributed by atoms with Gasteiger partial charge in [0.05, 0.1) is 17.4 Å². The lowest BCUT2D eigenvalue weighted by atomic mass is 10.1. The first-order chi connectivity index (χ1) is 14.9. The topological polar surface area (TPSA) is 86.5 Å². The predicted molar refractivity (Wildman–Crippen MR) is 123 cm³/mol. The summed E-state index contributed by atoms with van der Waals surface area (Å²) in [4.78, 5) is 13.5. The Labute approximate surface area is 183 Å². The number of fused-ring (bicyclic) bond motifs is 2. The van der Waals surface area contributed by atoms with Gasteiger partial charge in [-0.2, -0.15) is 0 Å². The van der Waals surface area contributed by atoms with E-state index in [2.05, 4.69) is 20.3 Å². The van der Waals surface area contributed by atoms with E-state index in [-0.39, 0.29) is 0 Å². The Morgan fingerprint density at radius 3 is 2.61 bits per heavy atom. The predicted octanol–water partition coefficient (Wildman–Crippen LogP) is 4.47. The molecule has 1 unspecified atom stereocenters. The van der Waals surface area contributed by atoms with Crippen LogP contribution in [0, 0.1) is 0 Å². The van der Waals surface area contributed by atoms with Crippen molar-refractivity contribution in [2.45, 2.75) is 5.50 Å². The average Bonchev–Trinajstić information content (AvgIpc) is 3.21. The van der Waals surface area contributed by atoms with Crippen molar-refractivity contribution in [2.75, 3.05) is 13.3 Å². The molecule has 0 saturated heterocycles. The van der Waals surface area contributed by atoms with Crippen molar-refractivity contribution in [1.29, 1.82) is 0 Å². The van der Waals surface area contributed by atoms with E-state index < -0.39 is 12.6 Å². The Morgan fingerprint density at radius 2 is 1.84 bits per heavy atom. The quantitative estimate of drug-likeness (QED) is 0.298. The first kappa shape index (κ1) is 19.8.